The van der Waals surface area contributed by atoms with E-state index in [1.54, 1.807) is 0 Å². The maximum Gasteiger partial charge on any atom is 0.158 e. The van der Waals surface area contributed by atoms with Crippen molar-refractivity contribution in [3.8, 4) is 0 Å². The minimum Gasteiger partial charge on any atom is -0.374 e. The fourth-order valence-electron chi connectivity index (χ4n) is 1.58. The lowest BCUT2D eigenvalue weighted by Gasteiger charge is -2.15. The lowest BCUT2D eigenvalue weighted by Crippen LogP contribution is -2.18. The molecule has 0 spiro atoms. The van der Waals surface area contributed by atoms with E-state index in [1.807, 2.05) is 31.8 Å². The van der Waals surface area contributed by atoms with Crippen LogP contribution in [0, 0.1) is 0 Å². The fraction of sp³-hybridized carbons (Fsp3) is 0.692. The van der Waals surface area contributed by atoms with E-state index in [2.05, 4.69) is 33.8 Å². The average Bonchev–Trinajstić information content (AvgIpc) is 2.42. The van der Waals surface area contributed by atoms with E-state index < -0.39 is 0 Å². The molecule has 2 N–H and O–H groups in total. The van der Waals surface area contributed by atoms with E-state index in [1.165, 1.54) is 0 Å². The molecule has 1 rings (SSSR count). The molecule has 1 aromatic rings. The van der Waals surface area contributed by atoms with Crippen LogP contribution in [0.4, 0.5) is 11.6 Å². The van der Waals surface area contributed by atoms with Crippen LogP contribution >= 0.6 is 11.8 Å². The summed E-state index contributed by atoms with van der Waals surface area (Å²) in [6.45, 7) is 5.24. The number of anilines is 2. The highest BCUT2D eigenvalue weighted by atomic mass is 32.2. The van der Waals surface area contributed by atoms with Gasteiger partial charge in [-0.3, -0.25) is 0 Å². The fourth-order valence-corrected chi connectivity index (χ4v) is 2.17. The Balaban J connectivity index is 2.69. The van der Waals surface area contributed by atoms with Crippen molar-refractivity contribution in [2.75, 3.05) is 36.3 Å². The summed E-state index contributed by atoms with van der Waals surface area (Å²) in [4.78, 5) is 8.84. The number of nitrogens with zero attached hydrogens (tertiary/aromatic N) is 2. The van der Waals surface area contributed by atoms with E-state index in [0.717, 1.165) is 23.8 Å². The van der Waals surface area contributed by atoms with Crippen molar-refractivity contribution >= 4 is 23.4 Å². The number of hydrogen-bond donors (Lipinski definition) is 2. The minimum atomic E-state index is 0.395. The number of ether oxygens (including phenoxy) is 1. The summed E-state index contributed by atoms with van der Waals surface area (Å²) in [5.41, 5.74) is 0. The highest BCUT2D eigenvalue weighted by Gasteiger charge is 2.07. The van der Waals surface area contributed by atoms with Gasteiger partial charge in [0.2, 0.25) is 0 Å². The molecule has 0 aliphatic carbocycles. The van der Waals surface area contributed by atoms with Crippen molar-refractivity contribution in [2.45, 2.75) is 32.9 Å². The van der Waals surface area contributed by atoms with Crippen LogP contribution in [0.3, 0.4) is 0 Å². The molecule has 0 fully saturated rings. The van der Waals surface area contributed by atoms with Crippen LogP contribution in [0.5, 0.6) is 0 Å². The predicted octanol–water partition coefficient (Wildman–Crippen LogP) is 2.61. The monoisotopic (exact) mass is 284 g/mol. The molecule has 0 aliphatic heterocycles. The van der Waals surface area contributed by atoms with Crippen LogP contribution in [-0.4, -0.2) is 41.7 Å². The molecule has 1 heterocycles. The third-order valence-corrected chi connectivity index (χ3v) is 3.26. The highest BCUT2D eigenvalue weighted by Crippen LogP contribution is 2.14. The van der Waals surface area contributed by atoms with Crippen LogP contribution in [0.1, 0.15) is 26.1 Å². The maximum absolute atomic E-state index is 5.36. The molecule has 108 valence electrons. The first-order valence-electron chi connectivity index (χ1n) is 6.58. The quantitative estimate of drug-likeness (QED) is 0.727. The number of hydrogen-bond acceptors (Lipinski definition) is 6. The maximum atomic E-state index is 5.36. The van der Waals surface area contributed by atoms with E-state index in [0.29, 0.717) is 25.1 Å². The second-order valence-electron chi connectivity index (χ2n) is 4.27. The predicted molar refractivity (Wildman–Crippen MR) is 83.0 cm³/mol. The van der Waals surface area contributed by atoms with Gasteiger partial charge in [0, 0.05) is 25.8 Å². The van der Waals surface area contributed by atoms with E-state index in [4.69, 9.17) is 4.74 Å². The molecule has 0 aliphatic rings. The molecular weight excluding hydrogens is 260 g/mol. The van der Waals surface area contributed by atoms with Gasteiger partial charge in [0.25, 0.3) is 0 Å². The zero-order chi connectivity index (χ0) is 14.1. The molecule has 19 heavy (non-hydrogen) atoms. The van der Waals surface area contributed by atoms with Gasteiger partial charge < -0.3 is 15.4 Å². The number of nitrogens with one attached hydrogen (secondary N) is 2. The number of aromatic nitrogens is 2. The Bertz CT molecular complexity index is 376. The Labute approximate surface area is 119 Å². The van der Waals surface area contributed by atoms with Gasteiger partial charge in [-0.15, -0.1) is 0 Å². The van der Waals surface area contributed by atoms with E-state index >= 15 is 0 Å². The van der Waals surface area contributed by atoms with E-state index in [-0.39, 0.29) is 0 Å². The molecule has 1 aromatic heterocycles. The first-order valence-corrected chi connectivity index (χ1v) is 7.97. The lowest BCUT2D eigenvalue weighted by atomic mass is 10.2. The van der Waals surface area contributed by atoms with Gasteiger partial charge >= 0.3 is 0 Å². The molecule has 0 saturated carbocycles. The van der Waals surface area contributed by atoms with Gasteiger partial charge in [0.15, 0.2) is 5.82 Å². The molecular formula is C13H24N4OS. The SMILES string of the molecule is CCOCc1nc(NC)cc(NC(C)CCSC)n1. The van der Waals surface area contributed by atoms with Gasteiger partial charge in [-0.2, -0.15) is 11.8 Å². The zero-order valence-electron chi connectivity index (χ0n) is 12.2. The van der Waals surface area contributed by atoms with Gasteiger partial charge in [-0.1, -0.05) is 0 Å². The Kier molecular flexibility index (Phi) is 7.59. The van der Waals surface area contributed by atoms with Crippen molar-refractivity contribution in [2.24, 2.45) is 0 Å². The second kappa shape index (κ2) is 8.98. The third-order valence-electron chi connectivity index (χ3n) is 2.61. The first-order chi connectivity index (χ1) is 9.19. The van der Waals surface area contributed by atoms with Gasteiger partial charge in [0.1, 0.15) is 18.2 Å². The summed E-state index contributed by atoms with van der Waals surface area (Å²) in [5.74, 6) is 3.50. The average molecular weight is 284 g/mol. The van der Waals surface area contributed by atoms with Crippen molar-refractivity contribution in [3.63, 3.8) is 0 Å². The molecule has 0 saturated heterocycles. The number of thioether (sulfide) groups is 1. The summed E-state index contributed by atoms with van der Waals surface area (Å²) < 4.78 is 5.36. The lowest BCUT2D eigenvalue weighted by molar-refractivity contribution is 0.128. The Morgan fingerprint density at radius 2 is 2.11 bits per heavy atom. The molecule has 1 atom stereocenters. The standard InChI is InChI=1S/C13H24N4OS/c1-5-18-9-13-16-11(14-3)8-12(17-13)15-10(2)6-7-19-4/h8,10H,5-7,9H2,1-4H3,(H2,14,15,16,17). The van der Waals surface area contributed by atoms with Crippen LogP contribution in [0.15, 0.2) is 6.07 Å². The molecule has 0 amide bonds. The Hall–Kier alpha value is -1.01. The molecule has 1 unspecified atom stereocenters. The summed E-state index contributed by atoms with van der Waals surface area (Å²) in [6, 6.07) is 2.32. The largest absolute Gasteiger partial charge is 0.374 e. The van der Waals surface area contributed by atoms with Crippen molar-refractivity contribution < 1.29 is 4.74 Å². The smallest absolute Gasteiger partial charge is 0.158 e. The first kappa shape index (κ1) is 16.0. The topological polar surface area (TPSA) is 59.1 Å². The normalized spacial score (nSPS) is 12.2. The van der Waals surface area contributed by atoms with Gasteiger partial charge in [-0.05, 0) is 32.3 Å². The molecule has 6 heteroatoms. The van der Waals surface area contributed by atoms with Crippen molar-refractivity contribution in [1.82, 2.24) is 9.97 Å². The van der Waals surface area contributed by atoms with Crippen LogP contribution in [0.25, 0.3) is 0 Å². The highest BCUT2D eigenvalue weighted by molar-refractivity contribution is 7.98. The van der Waals surface area contributed by atoms with Crippen LogP contribution in [0.2, 0.25) is 0 Å². The summed E-state index contributed by atoms with van der Waals surface area (Å²) in [7, 11) is 1.85. The summed E-state index contributed by atoms with van der Waals surface area (Å²) in [5, 5.41) is 6.46. The zero-order valence-corrected chi connectivity index (χ0v) is 13.0. The van der Waals surface area contributed by atoms with Crippen molar-refractivity contribution in [3.05, 3.63) is 11.9 Å². The number of rotatable bonds is 9. The second-order valence-corrected chi connectivity index (χ2v) is 5.25. The minimum absolute atomic E-state index is 0.395. The van der Waals surface area contributed by atoms with E-state index in [9.17, 15) is 0 Å². The summed E-state index contributed by atoms with van der Waals surface area (Å²) >= 11 is 1.86. The molecule has 0 bridgehead atoms. The van der Waals surface area contributed by atoms with Gasteiger partial charge in [0.05, 0.1) is 0 Å². The van der Waals surface area contributed by atoms with Crippen molar-refractivity contribution in [1.29, 1.82) is 0 Å². The molecule has 0 aromatic carbocycles. The summed E-state index contributed by atoms with van der Waals surface area (Å²) in [6.07, 6.45) is 3.23. The molecule has 0 radical (unpaired) electrons. The Morgan fingerprint density at radius 3 is 2.74 bits per heavy atom. The van der Waals surface area contributed by atoms with Crippen LogP contribution in [-0.2, 0) is 11.3 Å². The van der Waals surface area contributed by atoms with Gasteiger partial charge in [-0.25, -0.2) is 9.97 Å². The van der Waals surface area contributed by atoms with Crippen LogP contribution < -0.4 is 10.6 Å². The molecule has 5 nitrogen and oxygen atoms in total. The Morgan fingerprint density at radius 1 is 1.37 bits per heavy atom. The third kappa shape index (κ3) is 6.11.